The van der Waals surface area contributed by atoms with Gasteiger partial charge in [-0.2, -0.15) is 0 Å². The standard InChI is InChI=1S/C22H24FN5O/c1-25-12-14-11-15(22(29-2)20(23)21(14)24)17-4-6-18-19(28-17)5-3-16(27-18)13-7-9-26-10-8-13/h3-6,11-13,24-26H,7-10H2,1-2H3/b14-12-,24-21?. The van der Waals surface area contributed by atoms with Crippen LogP contribution >= 0.6 is 0 Å². The van der Waals surface area contributed by atoms with Crippen LogP contribution < -0.4 is 10.6 Å². The lowest BCUT2D eigenvalue weighted by molar-refractivity contribution is 0.298. The van der Waals surface area contributed by atoms with Crippen molar-refractivity contribution in [3.05, 3.63) is 65.1 Å². The molecule has 3 N–H and O–H groups in total. The van der Waals surface area contributed by atoms with Gasteiger partial charge in [-0.1, -0.05) is 0 Å². The zero-order chi connectivity index (χ0) is 20.4. The van der Waals surface area contributed by atoms with Gasteiger partial charge in [0.2, 0.25) is 0 Å². The summed E-state index contributed by atoms with van der Waals surface area (Å²) in [6.07, 6.45) is 5.48. The van der Waals surface area contributed by atoms with Crippen molar-refractivity contribution in [3.8, 4) is 0 Å². The maximum absolute atomic E-state index is 14.7. The molecule has 0 bridgehead atoms. The lowest BCUT2D eigenvalue weighted by Crippen LogP contribution is -2.27. The maximum Gasteiger partial charge on any atom is 0.191 e. The van der Waals surface area contributed by atoms with Gasteiger partial charge >= 0.3 is 0 Å². The molecule has 0 amide bonds. The van der Waals surface area contributed by atoms with Crippen molar-refractivity contribution >= 4 is 22.3 Å². The van der Waals surface area contributed by atoms with Crippen molar-refractivity contribution in [1.82, 2.24) is 20.6 Å². The Hall–Kier alpha value is -3.06. The summed E-state index contributed by atoms with van der Waals surface area (Å²) in [6.45, 7) is 2.04. The van der Waals surface area contributed by atoms with Gasteiger partial charge in [-0.05, 0) is 56.3 Å². The number of halogens is 1. The van der Waals surface area contributed by atoms with Crippen LogP contribution in [0.4, 0.5) is 4.39 Å². The third-order valence-corrected chi connectivity index (χ3v) is 5.35. The molecule has 1 aliphatic heterocycles. The van der Waals surface area contributed by atoms with Gasteiger partial charge in [-0.25, -0.2) is 9.37 Å². The molecule has 6 nitrogen and oxygen atoms in total. The maximum atomic E-state index is 14.7. The third-order valence-electron chi connectivity index (χ3n) is 5.35. The van der Waals surface area contributed by atoms with Gasteiger partial charge in [-0.3, -0.25) is 10.4 Å². The zero-order valence-corrected chi connectivity index (χ0v) is 16.6. The number of aromatic nitrogens is 2. The number of allylic oxidation sites excluding steroid dienone is 4. The van der Waals surface area contributed by atoms with E-state index in [2.05, 4.69) is 10.6 Å². The third kappa shape index (κ3) is 3.65. The average Bonchev–Trinajstić information content (AvgIpc) is 2.77. The fraction of sp³-hybridized carbons (Fsp3) is 0.318. The van der Waals surface area contributed by atoms with Gasteiger partial charge in [0.1, 0.15) is 5.71 Å². The molecular formula is C22H24FN5O. The summed E-state index contributed by atoms with van der Waals surface area (Å²) in [6, 6.07) is 7.76. The predicted octanol–water partition coefficient (Wildman–Crippen LogP) is 3.44. The van der Waals surface area contributed by atoms with Gasteiger partial charge in [0.15, 0.2) is 11.6 Å². The van der Waals surface area contributed by atoms with Crippen molar-refractivity contribution in [1.29, 1.82) is 5.41 Å². The molecule has 0 atom stereocenters. The summed E-state index contributed by atoms with van der Waals surface area (Å²) in [7, 11) is 3.11. The Morgan fingerprint density at radius 3 is 2.62 bits per heavy atom. The molecule has 3 heterocycles. The molecule has 1 aliphatic carbocycles. The first-order valence-corrected chi connectivity index (χ1v) is 9.73. The molecule has 0 radical (unpaired) electrons. The highest BCUT2D eigenvalue weighted by Crippen LogP contribution is 2.34. The lowest BCUT2D eigenvalue weighted by Gasteiger charge is -2.22. The van der Waals surface area contributed by atoms with E-state index in [-0.39, 0.29) is 11.5 Å². The van der Waals surface area contributed by atoms with Crippen LogP contribution in [0, 0.1) is 5.41 Å². The Balaban J connectivity index is 1.74. The number of pyridine rings is 2. The van der Waals surface area contributed by atoms with Crippen molar-refractivity contribution in [2.45, 2.75) is 18.8 Å². The Morgan fingerprint density at radius 1 is 1.17 bits per heavy atom. The number of nitrogens with one attached hydrogen (secondary N) is 3. The van der Waals surface area contributed by atoms with Gasteiger partial charge in [-0.15, -0.1) is 0 Å². The zero-order valence-electron chi connectivity index (χ0n) is 16.6. The van der Waals surface area contributed by atoms with E-state index in [9.17, 15) is 4.39 Å². The topological polar surface area (TPSA) is 82.9 Å². The number of methoxy groups -OCH3 is 1. The van der Waals surface area contributed by atoms with E-state index in [1.807, 2.05) is 24.3 Å². The molecule has 2 aromatic rings. The highest BCUT2D eigenvalue weighted by Gasteiger charge is 2.26. The lowest BCUT2D eigenvalue weighted by atomic mass is 9.93. The number of hydrogen-bond acceptors (Lipinski definition) is 6. The molecule has 2 aliphatic rings. The summed E-state index contributed by atoms with van der Waals surface area (Å²) in [5.41, 5.74) is 3.97. The Morgan fingerprint density at radius 2 is 1.90 bits per heavy atom. The number of piperidine rings is 1. The van der Waals surface area contributed by atoms with Crippen LogP contribution in [0.1, 0.15) is 30.1 Å². The fourth-order valence-electron chi connectivity index (χ4n) is 3.83. The van der Waals surface area contributed by atoms with E-state index in [4.69, 9.17) is 20.1 Å². The summed E-state index contributed by atoms with van der Waals surface area (Å²) >= 11 is 0. The van der Waals surface area contributed by atoms with Crippen molar-refractivity contribution in [3.63, 3.8) is 0 Å². The van der Waals surface area contributed by atoms with Gasteiger partial charge < -0.3 is 15.4 Å². The van der Waals surface area contributed by atoms with Crippen LogP contribution in [0.15, 0.2) is 53.7 Å². The van der Waals surface area contributed by atoms with E-state index < -0.39 is 5.83 Å². The summed E-state index contributed by atoms with van der Waals surface area (Å²) in [5, 5.41) is 14.2. The first-order chi connectivity index (χ1) is 14.1. The van der Waals surface area contributed by atoms with Gasteiger partial charge in [0.25, 0.3) is 0 Å². The first kappa shape index (κ1) is 19.3. The van der Waals surface area contributed by atoms with Crippen molar-refractivity contribution in [2.75, 3.05) is 27.2 Å². The Kier molecular flexibility index (Phi) is 5.40. The molecule has 150 valence electrons. The van der Waals surface area contributed by atoms with E-state index in [0.29, 0.717) is 22.8 Å². The van der Waals surface area contributed by atoms with Crippen LogP contribution in [0.25, 0.3) is 16.6 Å². The second-order valence-electron chi connectivity index (χ2n) is 7.16. The molecule has 2 aromatic heterocycles. The van der Waals surface area contributed by atoms with Crippen molar-refractivity contribution < 1.29 is 9.13 Å². The van der Waals surface area contributed by atoms with E-state index >= 15 is 0 Å². The number of rotatable bonds is 4. The SMILES string of the molecule is CN/C=C1/C=C(c2ccc3nc(C4CCNCC4)ccc3n2)C(OC)=C(F)C1=N. The minimum absolute atomic E-state index is 0.0226. The molecule has 0 spiro atoms. The average molecular weight is 393 g/mol. The summed E-state index contributed by atoms with van der Waals surface area (Å²) < 4.78 is 20.0. The van der Waals surface area contributed by atoms with E-state index in [1.54, 1.807) is 19.3 Å². The Bertz CT molecular complexity index is 1050. The van der Waals surface area contributed by atoms with Gasteiger partial charge in [0, 0.05) is 36.0 Å². The molecule has 29 heavy (non-hydrogen) atoms. The van der Waals surface area contributed by atoms with Crippen molar-refractivity contribution in [2.24, 2.45) is 0 Å². The summed E-state index contributed by atoms with van der Waals surface area (Å²) in [4.78, 5) is 9.51. The largest absolute Gasteiger partial charge is 0.493 e. The molecular weight excluding hydrogens is 369 g/mol. The van der Waals surface area contributed by atoms with E-state index in [0.717, 1.165) is 42.7 Å². The highest BCUT2D eigenvalue weighted by molar-refractivity contribution is 6.16. The predicted molar refractivity (Wildman–Crippen MR) is 112 cm³/mol. The Labute approximate surface area is 169 Å². The number of fused-ring (bicyclic) bond motifs is 1. The second kappa shape index (κ2) is 8.13. The molecule has 0 aromatic carbocycles. The summed E-state index contributed by atoms with van der Waals surface area (Å²) in [5.74, 6) is -0.207. The van der Waals surface area contributed by atoms with E-state index in [1.165, 1.54) is 7.11 Å². The smallest absolute Gasteiger partial charge is 0.191 e. The molecule has 7 heteroatoms. The number of ether oxygens (including phenoxy) is 1. The minimum Gasteiger partial charge on any atom is -0.493 e. The monoisotopic (exact) mass is 393 g/mol. The van der Waals surface area contributed by atoms with Crippen LogP contribution in [0.2, 0.25) is 0 Å². The minimum atomic E-state index is -0.701. The number of nitrogens with zero attached hydrogens (tertiary/aromatic N) is 2. The van der Waals surface area contributed by atoms with Crippen LogP contribution in [0.3, 0.4) is 0 Å². The normalized spacial score (nSPS) is 19.6. The molecule has 4 rings (SSSR count). The first-order valence-electron chi connectivity index (χ1n) is 9.73. The van der Waals surface area contributed by atoms with Crippen LogP contribution in [-0.2, 0) is 4.74 Å². The second-order valence-corrected chi connectivity index (χ2v) is 7.16. The molecule has 0 unspecified atom stereocenters. The fourth-order valence-corrected chi connectivity index (χ4v) is 3.83. The molecule has 1 saturated heterocycles. The number of hydrogen-bond donors (Lipinski definition) is 3. The highest BCUT2D eigenvalue weighted by atomic mass is 19.1. The quantitative estimate of drug-likeness (QED) is 0.741. The molecule has 0 saturated carbocycles. The molecule has 1 fully saturated rings. The van der Waals surface area contributed by atoms with Gasteiger partial charge in [0.05, 0.1) is 23.8 Å². The van der Waals surface area contributed by atoms with Crippen LogP contribution in [0.5, 0.6) is 0 Å². The van der Waals surface area contributed by atoms with Crippen LogP contribution in [-0.4, -0.2) is 42.9 Å².